The van der Waals surface area contributed by atoms with Crippen molar-refractivity contribution in [3.8, 4) is 0 Å². The largest absolute Gasteiger partial charge is 0.272 e. The molecule has 0 bridgehead atoms. The maximum absolute atomic E-state index is 4.30. The molecule has 0 aliphatic carbocycles. The lowest BCUT2D eigenvalue weighted by Gasteiger charge is -2.07. The van der Waals surface area contributed by atoms with Crippen LogP contribution in [0.25, 0.3) is 0 Å². The van der Waals surface area contributed by atoms with E-state index in [1.165, 1.54) is 5.56 Å². The highest BCUT2D eigenvalue weighted by atomic mass is 32.2. The number of thioether (sulfide) groups is 1. The molecule has 0 unspecified atom stereocenters. The highest BCUT2D eigenvalue weighted by Crippen LogP contribution is 2.33. The first kappa shape index (κ1) is 14.6. The topological polar surface area (TPSA) is 63.4 Å². The van der Waals surface area contributed by atoms with Crippen molar-refractivity contribution in [1.82, 2.24) is 15.0 Å². The SMILES string of the molecule is CSc1c(C)cc(C)cc1N=Nc1nc(C)nc(C)n1. The number of azo groups is 1. The van der Waals surface area contributed by atoms with E-state index in [4.69, 9.17) is 0 Å². The smallest absolute Gasteiger partial charge is 0.218 e. The van der Waals surface area contributed by atoms with Crippen LogP contribution in [0.4, 0.5) is 11.6 Å². The lowest BCUT2D eigenvalue weighted by molar-refractivity contribution is 0.901. The van der Waals surface area contributed by atoms with Gasteiger partial charge in [0.05, 0.1) is 5.69 Å². The fourth-order valence-electron chi connectivity index (χ4n) is 2.01. The minimum absolute atomic E-state index is 0.348. The van der Waals surface area contributed by atoms with E-state index in [1.807, 2.05) is 33.1 Å². The molecule has 0 aliphatic rings. The fraction of sp³-hybridized carbons (Fsp3) is 0.357. The van der Waals surface area contributed by atoms with E-state index in [-0.39, 0.29) is 0 Å². The number of aryl methyl sites for hydroxylation is 4. The van der Waals surface area contributed by atoms with Gasteiger partial charge in [-0.3, -0.25) is 0 Å². The van der Waals surface area contributed by atoms with E-state index in [2.05, 4.69) is 38.2 Å². The second-order valence-corrected chi connectivity index (χ2v) is 5.38. The maximum atomic E-state index is 4.30. The van der Waals surface area contributed by atoms with Crippen LogP contribution in [0.2, 0.25) is 0 Å². The predicted molar refractivity (Wildman–Crippen MR) is 81.2 cm³/mol. The summed E-state index contributed by atoms with van der Waals surface area (Å²) in [6, 6.07) is 4.16. The molecule has 0 radical (unpaired) electrons. The van der Waals surface area contributed by atoms with Gasteiger partial charge in [-0.05, 0) is 51.1 Å². The molecule has 20 heavy (non-hydrogen) atoms. The number of aromatic nitrogens is 3. The van der Waals surface area contributed by atoms with Crippen LogP contribution in [-0.4, -0.2) is 21.2 Å². The van der Waals surface area contributed by atoms with Gasteiger partial charge in [-0.1, -0.05) is 6.07 Å². The van der Waals surface area contributed by atoms with Gasteiger partial charge in [0, 0.05) is 4.90 Å². The van der Waals surface area contributed by atoms with Crippen LogP contribution in [0.5, 0.6) is 0 Å². The molecule has 0 saturated carbocycles. The molecular weight excluding hydrogens is 270 g/mol. The fourth-order valence-corrected chi connectivity index (χ4v) is 2.70. The third-order valence-corrected chi connectivity index (χ3v) is 3.64. The zero-order valence-corrected chi connectivity index (χ0v) is 13.1. The Morgan fingerprint density at radius 2 is 1.55 bits per heavy atom. The van der Waals surface area contributed by atoms with E-state index < -0.39 is 0 Å². The predicted octanol–water partition coefficient (Wildman–Crippen LogP) is 4.24. The van der Waals surface area contributed by atoms with Gasteiger partial charge in [-0.2, -0.15) is 9.97 Å². The second kappa shape index (κ2) is 6.09. The molecule has 1 heterocycles. The zero-order valence-electron chi connectivity index (χ0n) is 12.3. The van der Waals surface area contributed by atoms with Gasteiger partial charge >= 0.3 is 0 Å². The van der Waals surface area contributed by atoms with E-state index in [1.54, 1.807) is 11.8 Å². The highest BCUT2D eigenvalue weighted by Gasteiger charge is 2.06. The molecule has 0 amide bonds. The van der Waals surface area contributed by atoms with Crippen LogP contribution in [0.3, 0.4) is 0 Å². The highest BCUT2D eigenvalue weighted by molar-refractivity contribution is 7.98. The Kier molecular flexibility index (Phi) is 4.44. The van der Waals surface area contributed by atoms with Gasteiger partial charge in [0.25, 0.3) is 5.95 Å². The van der Waals surface area contributed by atoms with Gasteiger partial charge < -0.3 is 0 Å². The molecule has 0 saturated heterocycles. The Labute approximate surface area is 123 Å². The lowest BCUT2D eigenvalue weighted by Crippen LogP contribution is -1.94. The summed E-state index contributed by atoms with van der Waals surface area (Å²) in [6.45, 7) is 7.76. The summed E-state index contributed by atoms with van der Waals surface area (Å²) in [6.07, 6.45) is 2.04. The minimum Gasteiger partial charge on any atom is -0.218 e. The molecule has 6 heteroatoms. The van der Waals surface area contributed by atoms with Crippen LogP contribution in [0, 0.1) is 27.7 Å². The van der Waals surface area contributed by atoms with Crippen molar-refractivity contribution in [2.24, 2.45) is 10.2 Å². The Hall–Kier alpha value is -1.82. The van der Waals surface area contributed by atoms with Crippen molar-refractivity contribution < 1.29 is 0 Å². The number of hydrogen-bond acceptors (Lipinski definition) is 6. The van der Waals surface area contributed by atoms with Crippen molar-refractivity contribution in [2.45, 2.75) is 32.6 Å². The van der Waals surface area contributed by atoms with E-state index in [9.17, 15) is 0 Å². The first-order chi connectivity index (χ1) is 9.49. The Balaban J connectivity index is 2.40. The van der Waals surface area contributed by atoms with Crippen LogP contribution < -0.4 is 0 Å². The number of hydrogen-bond donors (Lipinski definition) is 0. The average Bonchev–Trinajstić information content (AvgIpc) is 2.34. The summed E-state index contributed by atoms with van der Waals surface area (Å²) in [5, 5.41) is 8.44. The van der Waals surface area contributed by atoms with Crippen molar-refractivity contribution in [3.05, 3.63) is 34.9 Å². The third-order valence-electron chi connectivity index (χ3n) is 2.70. The van der Waals surface area contributed by atoms with E-state index in [0.29, 0.717) is 17.6 Å². The summed E-state index contributed by atoms with van der Waals surface area (Å²) in [7, 11) is 0. The Morgan fingerprint density at radius 3 is 2.15 bits per heavy atom. The Bertz CT molecular complexity index is 647. The van der Waals surface area contributed by atoms with Crippen molar-refractivity contribution in [2.75, 3.05) is 6.26 Å². The van der Waals surface area contributed by atoms with Crippen LogP contribution >= 0.6 is 11.8 Å². The average molecular weight is 287 g/mol. The lowest BCUT2D eigenvalue weighted by atomic mass is 10.1. The molecule has 5 nitrogen and oxygen atoms in total. The standard InChI is InChI=1S/C14H17N5S/c1-8-6-9(2)13(20-5)12(7-8)18-19-14-16-10(3)15-11(4)17-14/h6-7H,1-5H3. The van der Waals surface area contributed by atoms with Crippen LogP contribution in [0.1, 0.15) is 22.8 Å². The maximum Gasteiger partial charge on any atom is 0.272 e. The molecule has 0 atom stereocenters. The van der Waals surface area contributed by atoms with Crippen molar-refractivity contribution >= 4 is 23.4 Å². The van der Waals surface area contributed by atoms with Crippen LogP contribution in [-0.2, 0) is 0 Å². The first-order valence-corrected chi connectivity index (χ1v) is 7.48. The molecule has 0 N–H and O–H groups in total. The molecule has 0 spiro atoms. The quantitative estimate of drug-likeness (QED) is 0.625. The first-order valence-electron chi connectivity index (χ1n) is 6.26. The van der Waals surface area contributed by atoms with E-state index >= 15 is 0 Å². The zero-order chi connectivity index (χ0) is 14.7. The molecule has 0 fully saturated rings. The van der Waals surface area contributed by atoms with Crippen molar-refractivity contribution in [3.63, 3.8) is 0 Å². The molecule has 1 aromatic carbocycles. The summed E-state index contributed by atoms with van der Waals surface area (Å²) in [4.78, 5) is 13.6. The number of rotatable bonds is 3. The van der Waals surface area contributed by atoms with Gasteiger partial charge in [-0.15, -0.1) is 22.0 Å². The second-order valence-electron chi connectivity index (χ2n) is 4.56. The third kappa shape index (κ3) is 3.39. The van der Waals surface area contributed by atoms with Gasteiger partial charge in [-0.25, -0.2) is 4.98 Å². The number of nitrogens with zero attached hydrogens (tertiary/aromatic N) is 5. The minimum atomic E-state index is 0.348. The van der Waals surface area contributed by atoms with Gasteiger partial charge in [0.1, 0.15) is 11.6 Å². The van der Waals surface area contributed by atoms with E-state index in [0.717, 1.165) is 16.1 Å². The summed E-state index contributed by atoms with van der Waals surface area (Å²) in [5.41, 5.74) is 3.22. The molecular formula is C14H17N5S. The molecule has 2 rings (SSSR count). The summed E-state index contributed by atoms with van der Waals surface area (Å²) >= 11 is 1.67. The molecule has 104 valence electrons. The number of benzene rings is 1. The van der Waals surface area contributed by atoms with Gasteiger partial charge in [0.2, 0.25) is 0 Å². The normalized spacial score (nSPS) is 11.2. The molecule has 1 aromatic heterocycles. The summed E-state index contributed by atoms with van der Waals surface area (Å²) in [5.74, 6) is 1.65. The van der Waals surface area contributed by atoms with Crippen molar-refractivity contribution in [1.29, 1.82) is 0 Å². The molecule has 0 aliphatic heterocycles. The van der Waals surface area contributed by atoms with Gasteiger partial charge in [0.15, 0.2) is 0 Å². The van der Waals surface area contributed by atoms with Crippen LogP contribution in [0.15, 0.2) is 27.3 Å². The monoisotopic (exact) mass is 287 g/mol. The molecule has 2 aromatic rings. The summed E-state index contributed by atoms with van der Waals surface area (Å²) < 4.78 is 0. The Morgan fingerprint density at radius 1 is 0.900 bits per heavy atom.